The molecule has 2 atom stereocenters. The van der Waals surface area contributed by atoms with E-state index >= 15 is 0 Å². The first-order chi connectivity index (χ1) is 7.88. The predicted molar refractivity (Wildman–Crippen MR) is 67.8 cm³/mol. The van der Waals surface area contributed by atoms with Crippen LogP contribution in [0.2, 0.25) is 0 Å². The maximum atomic E-state index is 10.6. The van der Waals surface area contributed by atoms with Crippen molar-refractivity contribution in [2.75, 3.05) is 0 Å². The molecule has 0 aliphatic rings. The molecule has 0 fully saturated rings. The van der Waals surface area contributed by atoms with Crippen LogP contribution in [-0.2, 0) is 10.1 Å². The third-order valence-electron chi connectivity index (χ3n) is 2.99. The summed E-state index contributed by atoms with van der Waals surface area (Å²) in [6, 6.07) is 0. The van der Waals surface area contributed by atoms with Gasteiger partial charge in [-0.2, -0.15) is 0 Å². The maximum Gasteiger partial charge on any atom is 1.00 e. The molecule has 0 bridgehead atoms. The summed E-state index contributed by atoms with van der Waals surface area (Å²) in [4.78, 5) is 0. The van der Waals surface area contributed by atoms with Crippen LogP contribution in [0.15, 0.2) is 0 Å². The molecule has 0 amide bonds. The van der Waals surface area contributed by atoms with Crippen molar-refractivity contribution in [3.8, 4) is 0 Å². The zero-order chi connectivity index (χ0) is 13.3. The summed E-state index contributed by atoms with van der Waals surface area (Å²) in [5, 5.41) is 8.59. The Morgan fingerprint density at radius 2 is 1.61 bits per heavy atom. The fourth-order valence-electron chi connectivity index (χ4n) is 1.78. The average Bonchev–Trinajstić information content (AvgIpc) is 2.21. The van der Waals surface area contributed by atoms with Crippen LogP contribution in [0.4, 0.5) is 0 Å². The molecule has 0 aromatic heterocycles. The number of aliphatic hydroxyl groups is 1. The summed E-state index contributed by atoms with van der Waals surface area (Å²) in [7, 11) is -4.25. The molecule has 1 N–H and O–H groups in total. The van der Waals surface area contributed by atoms with E-state index in [4.69, 9.17) is 0 Å². The van der Waals surface area contributed by atoms with Crippen molar-refractivity contribution in [1.82, 2.24) is 0 Å². The second-order valence-electron chi connectivity index (χ2n) is 4.75. The predicted octanol–water partition coefficient (Wildman–Crippen LogP) is -0.574. The third-order valence-corrected chi connectivity index (χ3v) is 4.17. The van der Waals surface area contributed by atoms with Gasteiger partial charge in [-0.25, -0.2) is 8.42 Å². The largest absolute Gasteiger partial charge is 1.00 e. The topological polar surface area (TPSA) is 77.4 Å². The molecular formula is C12H25NaO4S. The van der Waals surface area contributed by atoms with E-state index in [1.54, 1.807) is 0 Å². The van der Waals surface area contributed by atoms with Gasteiger partial charge in [-0.05, 0) is 19.8 Å². The number of hydrogen-bond donors (Lipinski definition) is 1. The van der Waals surface area contributed by atoms with Crippen molar-refractivity contribution >= 4 is 10.1 Å². The molecule has 18 heavy (non-hydrogen) atoms. The zero-order valence-corrected chi connectivity index (χ0v) is 14.7. The fourth-order valence-corrected chi connectivity index (χ4v) is 2.24. The second kappa shape index (κ2) is 11.7. The van der Waals surface area contributed by atoms with Gasteiger partial charge in [-0.1, -0.05) is 45.4 Å². The van der Waals surface area contributed by atoms with Crippen LogP contribution in [0.1, 0.15) is 65.2 Å². The van der Waals surface area contributed by atoms with E-state index in [0.29, 0.717) is 6.42 Å². The second-order valence-corrected chi connectivity index (χ2v) is 6.54. The first-order valence-corrected chi connectivity index (χ1v) is 7.97. The third kappa shape index (κ3) is 11.9. The number of unbranched alkanes of at least 4 members (excludes halogenated alkanes) is 5. The van der Waals surface area contributed by atoms with E-state index in [1.165, 1.54) is 26.2 Å². The van der Waals surface area contributed by atoms with Crippen LogP contribution in [0.3, 0.4) is 0 Å². The van der Waals surface area contributed by atoms with Crippen LogP contribution in [0, 0.1) is 0 Å². The molecule has 0 spiro atoms. The molecule has 2 unspecified atom stereocenters. The molecule has 0 rings (SSSR count). The standard InChI is InChI=1S/C12H26O4S.Na/c1-3-4-5-6-7-8-9-12(13)10-11(2)17(14,15)16;/h11-13H,3-10H2,1-2H3,(H,14,15,16);/q;+1/p-1. The van der Waals surface area contributed by atoms with Crippen LogP contribution in [0.5, 0.6) is 0 Å². The summed E-state index contributed by atoms with van der Waals surface area (Å²) in [6.07, 6.45) is 6.78. The van der Waals surface area contributed by atoms with Crippen LogP contribution in [0.25, 0.3) is 0 Å². The number of hydrogen-bond acceptors (Lipinski definition) is 4. The molecule has 0 heterocycles. The Hall–Kier alpha value is 0.870. The SMILES string of the molecule is CCCCCCCCC(O)CC(C)S(=O)(=O)[O-].[Na+]. The first kappa shape index (κ1) is 21.2. The molecule has 6 heteroatoms. The van der Waals surface area contributed by atoms with Crippen molar-refractivity contribution in [1.29, 1.82) is 0 Å². The van der Waals surface area contributed by atoms with Gasteiger partial charge in [0.1, 0.15) is 0 Å². The molecule has 0 aliphatic heterocycles. The minimum Gasteiger partial charge on any atom is -0.748 e. The van der Waals surface area contributed by atoms with E-state index in [9.17, 15) is 18.1 Å². The molecule has 0 aromatic rings. The summed E-state index contributed by atoms with van der Waals surface area (Å²) < 4.78 is 31.9. The molecule has 0 radical (unpaired) electrons. The number of rotatable bonds is 10. The van der Waals surface area contributed by atoms with Gasteiger partial charge in [0.15, 0.2) is 0 Å². The molecule has 0 saturated heterocycles. The van der Waals surface area contributed by atoms with Crippen molar-refractivity contribution in [2.24, 2.45) is 0 Å². The van der Waals surface area contributed by atoms with Gasteiger partial charge >= 0.3 is 29.6 Å². The van der Waals surface area contributed by atoms with Crippen LogP contribution < -0.4 is 29.6 Å². The van der Waals surface area contributed by atoms with Gasteiger partial charge in [0.05, 0.1) is 16.2 Å². The van der Waals surface area contributed by atoms with E-state index in [-0.39, 0.29) is 36.0 Å². The molecule has 4 nitrogen and oxygen atoms in total. The van der Waals surface area contributed by atoms with E-state index in [1.807, 2.05) is 0 Å². The van der Waals surface area contributed by atoms with Crippen molar-refractivity contribution in [2.45, 2.75) is 76.6 Å². The van der Waals surface area contributed by atoms with Crippen molar-refractivity contribution < 1.29 is 47.6 Å². The monoisotopic (exact) mass is 288 g/mol. The van der Waals surface area contributed by atoms with E-state index in [0.717, 1.165) is 19.3 Å². The Balaban J connectivity index is 0. The molecule has 0 saturated carbocycles. The summed E-state index contributed by atoms with van der Waals surface area (Å²) in [6.45, 7) is 3.52. The van der Waals surface area contributed by atoms with E-state index in [2.05, 4.69) is 6.92 Å². The van der Waals surface area contributed by atoms with Gasteiger partial charge in [0.2, 0.25) is 0 Å². The first-order valence-electron chi connectivity index (χ1n) is 6.50. The number of aliphatic hydroxyl groups excluding tert-OH is 1. The molecule has 0 aromatic carbocycles. The Labute approximate surface area is 134 Å². The summed E-state index contributed by atoms with van der Waals surface area (Å²) in [5.41, 5.74) is 0. The Morgan fingerprint density at radius 3 is 2.11 bits per heavy atom. The van der Waals surface area contributed by atoms with Crippen LogP contribution >= 0.6 is 0 Å². The molecule has 104 valence electrons. The minimum atomic E-state index is -4.25. The maximum absolute atomic E-state index is 10.6. The van der Waals surface area contributed by atoms with Crippen molar-refractivity contribution in [3.63, 3.8) is 0 Å². The summed E-state index contributed by atoms with van der Waals surface area (Å²) >= 11 is 0. The molecular weight excluding hydrogens is 263 g/mol. The van der Waals surface area contributed by atoms with E-state index < -0.39 is 21.5 Å². The van der Waals surface area contributed by atoms with Gasteiger partial charge < -0.3 is 9.66 Å². The summed E-state index contributed by atoms with van der Waals surface area (Å²) in [5.74, 6) is 0. The Bertz CT molecular complexity index is 280. The average molecular weight is 288 g/mol. The van der Waals surface area contributed by atoms with Gasteiger partial charge in [0.25, 0.3) is 0 Å². The Kier molecular flexibility index (Phi) is 13.7. The van der Waals surface area contributed by atoms with Crippen LogP contribution in [-0.4, -0.2) is 29.4 Å². The molecule has 0 aliphatic carbocycles. The minimum absolute atomic E-state index is 0. The fraction of sp³-hybridized carbons (Fsp3) is 1.00. The zero-order valence-electron chi connectivity index (χ0n) is 11.9. The van der Waals surface area contributed by atoms with Crippen molar-refractivity contribution in [3.05, 3.63) is 0 Å². The van der Waals surface area contributed by atoms with Gasteiger partial charge in [-0.15, -0.1) is 0 Å². The quantitative estimate of drug-likeness (QED) is 0.332. The normalized spacial score (nSPS) is 14.9. The van der Waals surface area contributed by atoms with Gasteiger partial charge in [0, 0.05) is 5.25 Å². The Morgan fingerprint density at radius 1 is 1.11 bits per heavy atom. The smallest absolute Gasteiger partial charge is 0.748 e. The van der Waals surface area contributed by atoms with Gasteiger partial charge in [-0.3, -0.25) is 0 Å².